The Kier molecular flexibility index (Phi) is 4.02. The summed E-state index contributed by atoms with van der Waals surface area (Å²) in [6.07, 6.45) is 2.00. The molecule has 0 aromatic heterocycles. The molecule has 0 unspecified atom stereocenters. The number of halogens is 1. The number of hydrogen-bond acceptors (Lipinski definition) is 2. The highest BCUT2D eigenvalue weighted by Gasteiger charge is 2.39. The molecule has 2 heterocycles. The Labute approximate surface area is 119 Å². The lowest BCUT2D eigenvalue weighted by Crippen LogP contribution is -2.52. The molecule has 2 aliphatic heterocycles. The van der Waals surface area contributed by atoms with Crippen molar-refractivity contribution in [3.8, 4) is 0 Å². The van der Waals surface area contributed by atoms with Crippen molar-refractivity contribution in [2.24, 2.45) is 5.73 Å². The topological polar surface area (TPSA) is 58.4 Å². The van der Waals surface area contributed by atoms with Gasteiger partial charge in [0.15, 0.2) is 0 Å². The Hall–Kier alpha value is -1.26. The monoisotopic (exact) mass is 281 g/mol. The molecule has 0 bridgehead atoms. The van der Waals surface area contributed by atoms with E-state index in [1.54, 1.807) is 4.90 Å². The Morgan fingerprint density at radius 3 is 2.63 bits per heavy atom. The third-order valence-electron chi connectivity index (χ3n) is 4.40. The summed E-state index contributed by atoms with van der Waals surface area (Å²) in [5.41, 5.74) is 8.41. The fraction of sp³-hybridized carbons (Fsp3) is 0.500. The molecule has 3 N–H and O–H groups in total. The van der Waals surface area contributed by atoms with E-state index in [9.17, 15) is 4.79 Å². The van der Waals surface area contributed by atoms with Crippen molar-refractivity contribution in [2.75, 3.05) is 19.6 Å². The van der Waals surface area contributed by atoms with Crippen molar-refractivity contribution >= 4 is 18.4 Å². The van der Waals surface area contributed by atoms with Gasteiger partial charge in [-0.2, -0.15) is 0 Å². The van der Waals surface area contributed by atoms with Crippen LogP contribution in [0.3, 0.4) is 0 Å². The van der Waals surface area contributed by atoms with E-state index in [1.165, 1.54) is 11.1 Å². The molecular formula is C14H20ClN3O. The number of hydrogen-bond donors (Lipinski definition) is 2. The Bertz CT molecular complexity index is 470. The van der Waals surface area contributed by atoms with Gasteiger partial charge in [0.25, 0.3) is 0 Å². The summed E-state index contributed by atoms with van der Waals surface area (Å²) in [7, 11) is 0. The van der Waals surface area contributed by atoms with Gasteiger partial charge in [0, 0.05) is 31.6 Å². The van der Waals surface area contributed by atoms with Crippen LogP contribution in [0.1, 0.15) is 24.0 Å². The van der Waals surface area contributed by atoms with Crippen molar-refractivity contribution in [1.29, 1.82) is 0 Å². The maximum atomic E-state index is 11.2. The number of nitrogens with zero attached hydrogens (tertiary/aromatic N) is 1. The third-order valence-corrected chi connectivity index (χ3v) is 4.40. The summed E-state index contributed by atoms with van der Waals surface area (Å²) in [5, 5.41) is 3.51. The predicted molar refractivity (Wildman–Crippen MR) is 77.5 cm³/mol. The molecule has 0 saturated carbocycles. The zero-order valence-corrected chi connectivity index (χ0v) is 11.7. The number of nitrogens with two attached hydrogens (primary N) is 1. The fourth-order valence-corrected chi connectivity index (χ4v) is 3.32. The minimum atomic E-state index is -0.290. The first-order chi connectivity index (χ1) is 8.71. The van der Waals surface area contributed by atoms with Gasteiger partial charge in [-0.15, -0.1) is 12.4 Å². The van der Waals surface area contributed by atoms with Gasteiger partial charge in [-0.25, -0.2) is 4.79 Å². The molecule has 0 radical (unpaired) electrons. The molecule has 1 saturated heterocycles. The second-order valence-electron chi connectivity index (χ2n) is 5.37. The third kappa shape index (κ3) is 2.42. The minimum absolute atomic E-state index is 0. The van der Waals surface area contributed by atoms with Crippen LogP contribution in [0.15, 0.2) is 24.3 Å². The lowest BCUT2D eigenvalue weighted by Gasteiger charge is -2.45. The number of piperidine rings is 1. The van der Waals surface area contributed by atoms with Crippen LogP contribution in [-0.2, 0) is 12.0 Å². The average molecular weight is 282 g/mol. The van der Waals surface area contributed by atoms with E-state index >= 15 is 0 Å². The number of nitrogens with one attached hydrogen (secondary N) is 1. The number of carbonyl (C=O) groups excluding carboxylic acids is 1. The van der Waals surface area contributed by atoms with Crippen LogP contribution in [0.2, 0.25) is 0 Å². The van der Waals surface area contributed by atoms with E-state index in [2.05, 4.69) is 29.6 Å². The number of benzene rings is 1. The number of amides is 2. The molecule has 1 aromatic carbocycles. The first kappa shape index (κ1) is 14.2. The van der Waals surface area contributed by atoms with Crippen LogP contribution in [0, 0.1) is 0 Å². The zero-order valence-electron chi connectivity index (χ0n) is 10.9. The van der Waals surface area contributed by atoms with E-state index in [0.717, 1.165) is 39.0 Å². The lowest BCUT2D eigenvalue weighted by molar-refractivity contribution is 0.159. The minimum Gasteiger partial charge on any atom is -0.351 e. The van der Waals surface area contributed by atoms with Crippen LogP contribution in [0.25, 0.3) is 0 Å². The van der Waals surface area contributed by atoms with E-state index < -0.39 is 0 Å². The standard InChI is InChI=1S/C14H19N3O.ClH/c15-13(18)17-7-5-14(6-8-17)10-16-9-11-3-1-2-4-12(11)14;/h1-4,16H,5-10H2,(H2,15,18);1H. The number of fused-ring (bicyclic) bond motifs is 2. The molecule has 104 valence electrons. The van der Waals surface area contributed by atoms with Gasteiger partial charge in [-0.1, -0.05) is 24.3 Å². The first-order valence-electron chi connectivity index (χ1n) is 6.55. The van der Waals surface area contributed by atoms with Crippen LogP contribution < -0.4 is 11.1 Å². The van der Waals surface area contributed by atoms with E-state index in [4.69, 9.17) is 5.73 Å². The van der Waals surface area contributed by atoms with E-state index in [0.29, 0.717) is 0 Å². The van der Waals surface area contributed by atoms with Gasteiger partial charge in [0.1, 0.15) is 0 Å². The summed E-state index contributed by atoms with van der Waals surface area (Å²) in [5.74, 6) is 0. The molecule has 0 atom stereocenters. The predicted octanol–water partition coefficient (Wildman–Crippen LogP) is 1.62. The average Bonchev–Trinajstić information content (AvgIpc) is 2.40. The first-order valence-corrected chi connectivity index (χ1v) is 6.55. The Balaban J connectivity index is 0.00000133. The van der Waals surface area contributed by atoms with Crippen molar-refractivity contribution in [3.63, 3.8) is 0 Å². The molecule has 2 aliphatic rings. The highest BCUT2D eigenvalue weighted by atomic mass is 35.5. The van der Waals surface area contributed by atoms with Gasteiger partial charge in [0.05, 0.1) is 0 Å². The summed E-state index contributed by atoms with van der Waals surface area (Å²) < 4.78 is 0. The maximum absolute atomic E-state index is 11.2. The molecule has 1 fully saturated rings. The molecule has 0 aliphatic carbocycles. The number of urea groups is 1. The smallest absolute Gasteiger partial charge is 0.314 e. The molecule has 4 nitrogen and oxygen atoms in total. The molecule has 5 heteroatoms. The fourth-order valence-electron chi connectivity index (χ4n) is 3.32. The van der Waals surface area contributed by atoms with Gasteiger partial charge in [-0.05, 0) is 24.0 Å². The van der Waals surface area contributed by atoms with Crippen molar-refractivity contribution in [1.82, 2.24) is 10.2 Å². The summed E-state index contributed by atoms with van der Waals surface area (Å²) in [6, 6.07) is 8.37. The highest BCUT2D eigenvalue weighted by Crippen LogP contribution is 2.38. The van der Waals surface area contributed by atoms with Crippen molar-refractivity contribution < 1.29 is 4.79 Å². The van der Waals surface area contributed by atoms with Gasteiger partial charge < -0.3 is 16.0 Å². The molecule has 3 rings (SSSR count). The molecule has 2 amide bonds. The Morgan fingerprint density at radius 1 is 1.26 bits per heavy atom. The largest absolute Gasteiger partial charge is 0.351 e. The molecule has 1 aromatic rings. The number of primary amides is 1. The Morgan fingerprint density at radius 2 is 1.95 bits per heavy atom. The summed E-state index contributed by atoms with van der Waals surface area (Å²) >= 11 is 0. The number of likely N-dealkylation sites (tertiary alicyclic amines) is 1. The quantitative estimate of drug-likeness (QED) is 0.759. The summed E-state index contributed by atoms with van der Waals surface area (Å²) in [4.78, 5) is 13.0. The molecular weight excluding hydrogens is 262 g/mol. The van der Waals surface area contributed by atoms with Gasteiger partial charge in [0.2, 0.25) is 0 Å². The second kappa shape index (κ2) is 5.39. The van der Waals surface area contributed by atoms with E-state index in [1.807, 2.05) is 0 Å². The summed E-state index contributed by atoms with van der Waals surface area (Å²) in [6.45, 7) is 3.50. The molecule has 19 heavy (non-hydrogen) atoms. The number of rotatable bonds is 0. The van der Waals surface area contributed by atoms with Crippen LogP contribution >= 0.6 is 12.4 Å². The maximum Gasteiger partial charge on any atom is 0.314 e. The number of carbonyl (C=O) groups is 1. The van der Waals surface area contributed by atoms with Gasteiger partial charge in [-0.3, -0.25) is 0 Å². The normalized spacial score (nSPS) is 20.5. The SMILES string of the molecule is Cl.NC(=O)N1CCC2(CC1)CNCc1ccccc12. The lowest BCUT2D eigenvalue weighted by atomic mass is 9.69. The highest BCUT2D eigenvalue weighted by molar-refractivity contribution is 5.85. The van der Waals surface area contributed by atoms with Crippen LogP contribution in [0.4, 0.5) is 4.79 Å². The van der Waals surface area contributed by atoms with E-state index in [-0.39, 0.29) is 23.9 Å². The molecule has 1 spiro atoms. The van der Waals surface area contributed by atoms with Crippen LogP contribution in [0.5, 0.6) is 0 Å². The van der Waals surface area contributed by atoms with Crippen LogP contribution in [-0.4, -0.2) is 30.6 Å². The zero-order chi connectivity index (χ0) is 12.6. The van der Waals surface area contributed by atoms with Crippen molar-refractivity contribution in [3.05, 3.63) is 35.4 Å². The van der Waals surface area contributed by atoms with Gasteiger partial charge >= 0.3 is 6.03 Å². The second-order valence-corrected chi connectivity index (χ2v) is 5.37. The van der Waals surface area contributed by atoms with Crippen molar-refractivity contribution in [2.45, 2.75) is 24.8 Å².